The van der Waals surface area contributed by atoms with Crippen LogP contribution in [-0.2, 0) is 17.8 Å². The van der Waals surface area contributed by atoms with Crippen LogP contribution < -0.4 is 10.1 Å². The Bertz CT molecular complexity index is 1050. The number of hydrogen-bond donors (Lipinski definition) is 1. The number of amides is 2. The number of benzene rings is 2. The van der Waals surface area contributed by atoms with Crippen molar-refractivity contribution in [3.8, 4) is 5.75 Å². The molecular weight excluding hydrogens is 422 g/mol. The molecule has 1 N–H and O–H groups in total. The third-order valence-corrected chi connectivity index (χ3v) is 6.01. The fourth-order valence-electron chi connectivity index (χ4n) is 3.16. The highest BCUT2D eigenvalue weighted by Gasteiger charge is 2.26. The van der Waals surface area contributed by atoms with Crippen LogP contribution in [0.3, 0.4) is 0 Å². The van der Waals surface area contributed by atoms with Crippen LogP contribution in [0.4, 0.5) is 5.13 Å². The minimum atomic E-state index is -0.691. The summed E-state index contributed by atoms with van der Waals surface area (Å²) < 4.78 is 5.66. The second-order valence-corrected chi connectivity index (χ2v) is 8.45. The van der Waals surface area contributed by atoms with Gasteiger partial charge in [0, 0.05) is 28.4 Å². The molecule has 1 aliphatic rings. The predicted octanol–water partition coefficient (Wildman–Crippen LogP) is 4.40. The van der Waals surface area contributed by atoms with Gasteiger partial charge in [-0.15, -0.1) is 0 Å². The number of aromatic nitrogens is 1. The zero-order valence-electron chi connectivity index (χ0n) is 16.3. The zero-order chi connectivity index (χ0) is 21.1. The van der Waals surface area contributed by atoms with Crippen molar-refractivity contribution in [2.24, 2.45) is 0 Å². The maximum atomic E-state index is 12.7. The van der Waals surface area contributed by atoms with E-state index in [0.717, 1.165) is 10.6 Å². The number of anilines is 1. The van der Waals surface area contributed by atoms with Crippen LogP contribution in [0.1, 0.15) is 27.9 Å². The lowest BCUT2D eigenvalue weighted by Gasteiger charge is -2.26. The van der Waals surface area contributed by atoms with Crippen molar-refractivity contribution in [3.63, 3.8) is 0 Å². The van der Waals surface area contributed by atoms with Crippen molar-refractivity contribution >= 4 is 39.9 Å². The van der Waals surface area contributed by atoms with E-state index in [1.807, 2.05) is 35.2 Å². The largest absolute Gasteiger partial charge is 0.481 e. The van der Waals surface area contributed by atoms with Gasteiger partial charge >= 0.3 is 0 Å². The summed E-state index contributed by atoms with van der Waals surface area (Å²) in [4.78, 5) is 32.5. The van der Waals surface area contributed by atoms with Gasteiger partial charge in [-0.25, -0.2) is 4.98 Å². The lowest BCUT2D eigenvalue weighted by atomic mass is 10.1. The Labute approximate surface area is 183 Å². The maximum Gasteiger partial charge on any atom is 0.266 e. The first-order valence-electron chi connectivity index (χ1n) is 9.55. The van der Waals surface area contributed by atoms with E-state index in [1.54, 1.807) is 31.2 Å². The normalized spacial score (nSPS) is 14.0. The highest BCUT2D eigenvalue weighted by Crippen LogP contribution is 2.29. The van der Waals surface area contributed by atoms with Crippen molar-refractivity contribution < 1.29 is 14.3 Å². The molecule has 0 fully saturated rings. The van der Waals surface area contributed by atoms with Crippen LogP contribution in [0.5, 0.6) is 5.75 Å². The average Bonchev–Trinajstić information content (AvgIpc) is 3.16. The number of thiazole rings is 1. The van der Waals surface area contributed by atoms with Crippen LogP contribution in [-0.4, -0.2) is 34.3 Å². The summed E-state index contributed by atoms with van der Waals surface area (Å²) in [6.45, 7) is 2.78. The smallest absolute Gasteiger partial charge is 0.266 e. The monoisotopic (exact) mass is 441 g/mol. The fourth-order valence-corrected chi connectivity index (χ4v) is 4.32. The number of hydrogen-bond acceptors (Lipinski definition) is 5. The fraction of sp³-hybridized carbons (Fsp3) is 0.227. The summed E-state index contributed by atoms with van der Waals surface area (Å²) in [6, 6.07) is 16.1. The summed E-state index contributed by atoms with van der Waals surface area (Å²) in [7, 11) is 0. The lowest BCUT2D eigenvalue weighted by molar-refractivity contribution is -0.122. The molecule has 0 saturated carbocycles. The van der Waals surface area contributed by atoms with Crippen LogP contribution in [0.2, 0.25) is 5.02 Å². The van der Waals surface area contributed by atoms with Crippen molar-refractivity contribution in [2.75, 3.05) is 11.9 Å². The van der Waals surface area contributed by atoms with E-state index < -0.39 is 6.10 Å². The van der Waals surface area contributed by atoms with E-state index >= 15 is 0 Å². The zero-order valence-corrected chi connectivity index (χ0v) is 17.9. The standard InChI is InChI=1S/C22H20ClN3O3S/c1-14(29-17-9-7-16(23)8-10-17)20(27)25-22-24-18-11-12-26(13-19(18)30-22)21(28)15-5-3-2-4-6-15/h2-10,14H,11-13H2,1H3,(H,24,25,27). The van der Waals surface area contributed by atoms with Gasteiger partial charge in [0.25, 0.3) is 11.8 Å². The van der Waals surface area contributed by atoms with Crippen LogP contribution in [0.15, 0.2) is 54.6 Å². The second kappa shape index (κ2) is 8.85. The number of nitrogens with zero attached hydrogens (tertiary/aromatic N) is 2. The molecule has 1 unspecified atom stereocenters. The molecule has 0 spiro atoms. The van der Waals surface area contributed by atoms with Gasteiger partial charge in [0.1, 0.15) is 5.75 Å². The molecule has 8 heteroatoms. The first-order chi connectivity index (χ1) is 14.5. The molecule has 154 valence electrons. The van der Waals surface area contributed by atoms with Crippen molar-refractivity contribution in [1.82, 2.24) is 9.88 Å². The van der Waals surface area contributed by atoms with Crippen LogP contribution in [0, 0.1) is 0 Å². The Hall–Kier alpha value is -2.90. The van der Waals surface area contributed by atoms with Gasteiger partial charge in [0.2, 0.25) is 0 Å². The molecule has 2 amide bonds. The third-order valence-electron chi connectivity index (χ3n) is 4.77. The van der Waals surface area contributed by atoms with E-state index in [9.17, 15) is 9.59 Å². The van der Waals surface area contributed by atoms with Crippen molar-refractivity contribution in [3.05, 3.63) is 75.8 Å². The number of carbonyl (C=O) groups excluding carboxylic acids is 2. The number of fused-ring (bicyclic) bond motifs is 1. The minimum Gasteiger partial charge on any atom is -0.481 e. The summed E-state index contributed by atoms with van der Waals surface area (Å²) in [5.41, 5.74) is 1.60. The number of halogens is 1. The van der Waals surface area contributed by atoms with Gasteiger partial charge in [-0.1, -0.05) is 41.1 Å². The molecule has 3 aromatic rings. The van der Waals surface area contributed by atoms with E-state index in [1.165, 1.54) is 11.3 Å². The molecule has 0 bridgehead atoms. The van der Waals surface area contributed by atoms with Gasteiger partial charge < -0.3 is 9.64 Å². The molecule has 2 aromatic carbocycles. The highest BCUT2D eigenvalue weighted by molar-refractivity contribution is 7.15. The van der Waals surface area contributed by atoms with E-state index in [-0.39, 0.29) is 11.8 Å². The van der Waals surface area contributed by atoms with E-state index in [0.29, 0.717) is 41.0 Å². The molecule has 0 aliphatic carbocycles. The molecule has 1 aliphatic heterocycles. The Morgan fingerprint density at radius 1 is 1.17 bits per heavy atom. The molecule has 6 nitrogen and oxygen atoms in total. The average molecular weight is 442 g/mol. The molecule has 4 rings (SSSR count). The molecule has 1 atom stereocenters. The topological polar surface area (TPSA) is 71.5 Å². The van der Waals surface area contributed by atoms with Gasteiger partial charge in [-0.2, -0.15) is 0 Å². The Balaban J connectivity index is 1.38. The summed E-state index contributed by atoms with van der Waals surface area (Å²) in [5.74, 6) is 0.286. The van der Waals surface area contributed by atoms with Gasteiger partial charge in [-0.05, 0) is 43.3 Å². The Morgan fingerprint density at radius 3 is 2.63 bits per heavy atom. The highest BCUT2D eigenvalue weighted by atomic mass is 35.5. The number of rotatable bonds is 5. The third kappa shape index (κ3) is 4.63. The molecule has 0 radical (unpaired) electrons. The second-order valence-electron chi connectivity index (χ2n) is 6.93. The lowest BCUT2D eigenvalue weighted by Crippen LogP contribution is -2.35. The Morgan fingerprint density at radius 2 is 1.90 bits per heavy atom. The molecular formula is C22H20ClN3O3S. The quantitative estimate of drug-likeness (QED) is 0.637. The number of carbonyl (C=O) groups is 2. The van der Waals surface area contributed by atoms with Crippen LogP contribution >= 0.6 is 22.9 Å². The first kappa shape index (κ1) is 20.4. The van der Waals surface area contributed by atoms with Crippen LogP contribution in [0.25, 0.3) is 0 Å². The molecule has 0 saturated heterocycles. The molecule has 2 heterocycles. The maximum absolute atomic E-state index is 12.7. The number of nitrogens with one attached hydrogen (secondary N) is 1. The van der Waals surface area contributed by atoms with E-state index in [2.05, 4.69) is 10.3 Å². The van der Waals surface area contributed by atoms with Gasteiger partial charge in [0.05, 0.1) is 12.2 Å². The van der Waals surface area contributed by atoms with Gasteiger partial charge in [-0.3, -0.25) is 14.9 Å². The summed E-state index contributed by atoms with van der Waals surface area (Å²) in [5, 5.41) is 3.94. The van der Waals surface area contributed by atoms with Gasteiger partial charge in [0.15, 0.2) is 11.2 Å². The summed E-state index contributed by atoms with van der Waals surface area (Å²) in [6.07, 6.45) is -0.0276. The minimum absolute atomic E-state index is 0.00484. The van der Waals surface area contributed by atoms with E-state index in [4.69, 9.17) is 16.3 Å². The van der Waals surface area contributed by atoms with Crippen molar-refractivity contribution in [2.45, 2.75) is 26.0 Å². The first-order valence-corrected chi connectivity index (χ1v) is 10.7. The SMILES string of the molecule is CC(Oc1ccc(Cl)cc1)C(=O)Nc1nc2c(s1)CN(C(=O)c1ccccc1)CC2. The number of ether oxygens (including phenoxy) is 1. The Kier molecular flexibility index (Phi) is 6.01. The summed E-state index contributed by atoms with van der Waals surface area (Å²) >= 11 is 7.26. The molecule has 30 heavy (non-hydrogen) atoms. The molecule has 1 aromatic heterocycles. The van der Waals surface area contributed by atoms with Crippen molar-refractivity contribution in [1.29, 1.82) is 0 Å². The predicted molar refractivity (Wildman–Crippen MR) is 117 cm³/mol.